The van der Waals surface area contributed by atoms with Gasteiger partial charge in [0.25, 0.3) is 0 Å². The smallest absolute Gasteiger partial charge is 0.123 e. The van der Waals surface area contributed by atoms with E-state index in [0.29, 0.717) is 5.92 Å². The van der Waals surface area contributed by atoms with E-state index in [1.165, 1.54) is 82.6 Å². The highest BCUT2D eigenvalue weighted by Crippen LogP contribution is 2.36. The van der Waals surface area contributed by atoms with Crippen molar-refractivity contribution < 1.29 is 9.13 Å². The fraction of sp³-hybridized carbons (Fsp3) is 0.778. The Morgan fingerprint density at radius 2 is 1.28 bits per heavy atom. The Balaban J connectivity index is 2.36. The van der Waals surface area contributed by atoms with Crippen molar-refractivity contribution in [1.82, 2.24) is 0 Å². The fourth-order valence-electron chi connectivity index (χ4n) is 4.85. The molecule has 0 aliphatic heterocycles. The quantitative estimate of drug-likeness (QED) is 0.221. The molecule has 29 heavy (non-hydrogen) atoms. The predicted molar refractivity (Wildman–Crippen MR) is 125 cm³/mol. The summed E-state index contributed by atoms with van der Waals surface area (Å²) in [6.07, 6.45) is 19.2. The van der Waals surface area contributed by atoms with E-state index in [2.05, 4.69) is 20.8 Å². The molecule has 2 heteroatoms. The topological polar surface area (TPSA) is 9.23 Å². The van der Waals surface area contributed by atoms with Crippen molar-refractivity contribution in [2.45, 2.75) is 123 Å². The summed E-state index contributed by atoms with van der Waals surface area (Å²) < 4.78 is 19.1. The van der Waals surface area contributed by atoms with Gasteiger partial charge in [-0.1, -0.05) is 90.7 Å². The first-order chi connectivity index (χ1) is 14.1. The number of methoxy groups -OCH3 is 1. The van der Waals surface area contributed by atoms with Crippen LogP contribution in [0, 0.1) is 11.7 Å². The second-order valence-electron chi connectivity index (χ2n) is 8.81. The van der Waals surface area contributed by atoms with E-state index in [1.54, 1.807) is 12.1 Å². The molecule has 1 nitrogen and oxygen atoms in total. The van der Waals surface area contributed by atoms with E-state index in [4.69, 9.17) is 4.74 Å². The zero-order valence-corrected chi connectivity index (χ0v) is 19.8. The van der Waals surface area contributed by atoms with Crippen LogP contribution in [0.3, 0.4) is 0 Å². The van der Waals surface area contributed by atoms with Crippen molar-refractivity contribution in [2.24, 2.45) is 5.92 Å². The van der Waals surface area contributed by atoms with Crippen LogP contribution in [0.1, 0.15) is 116 Å². The third-order valence-electron chi connectivity index (χ3n) is 6.93. The second kappa shape index (κ2) is 15.9. The lowest BCUT2D eigenvalue weighted by molar-refractivity contribution is -0.0712. The van der Waals surface area contributed by atoms with Crippen LogP contribution in [-0.2, 0) is 11.2 Å². The van der Waals surface area contributed by atoms with E-state index in [1.807, 2.05) is 19.2 Å². The van der Waals surface area contributed by atoms with Gasteiger partial charge >= 0.3 is 0 Å². The molecule has 1 rings (SSSR count). The number of halogens is 1. The lowest BCUT2D eigenvalue weighted by Gasteiger charge is -2.39. The molecule has 0 aliphatic carbocycles. The van der Waals surface area contributed by atoms with Crippen molar-refractivity contribution in [3.63, 3.8) is 0 Å². The minimum Gasteiger partial charge on any atom is -0.378 e. The highest BCUT2D eigenvalue weighted by Gasteiger charge is 2.34. The maximum Gasteiger partial charge on any atom is 0.123 e. The van der Waals surface area contributed by atoms with Crippen LogP contribution in [0.4, 0.5) is 4.39 Å². The summed E-state index contributed by atoms with van der Waals surface area (Å²) in [7, 11) is 1.92. The fourth-order valence-corrected chi connectivity index (χ4v) is 4.85. The van der Waals surface area contributed by atoms with Gasteiger partial charge in [0.05, 0.1) is 5.60 Å². The molecule has 0 amide bonds. The lowest BCUT2D eigenvalue weighted by Crippen LogP contribution is -2.39. The molecule has 0 N–H and O–H groups in total. The Morgan fingerprint density at radius 1 is 0.759 bits per heavy atom. The Bertz CT molecular complexity index is 483. The van der Waals surface area contributed by atoms with Gasteiger partial charge in [-0.25, -0.2) is 4.39 Å². The van der Waals surface area contributed by atoms with Crippen molar-refractivity contribution in [3.05, 3.63) is 35.6 Å². The predicted octanol–water partition coefficient (Wildman–Crippen LogP) is 8.89. The molecule has 0 spiro atoms. The van der Waals surface area contributed by atoms with Crippen LogP contribution < -0.4 is 0 Å². The molecule has 1 atom stereocenters. The van der Waals surface area contributed by atoms with E-state index in [-0.39, 0.29) is 11.4 Å². The molecule has 0 radical (unpaired) electrons. The molecule has 0 aromatic heterocycles. The molecule has 0 saturated heterocycles. The van der Waals surface area contributed by atoms with Crippen LogP contribution in [-0.4, -0.2) is 12.7 Å². The minimum absolute atomic E-state index is 0.0670. The van der Waals surface area contributed by atoms with Crippen LogP contribution >= 0.6 is 0 Å². The zero-order valence-electron chi connectivity index (χ0n) is 19.8. The average Bonchev–Trinajstić information content (AvgIpc) is 2.75. The molecule has 0 heterocycles. The molecule has 1 aromatic rings. The highest BCUT2D eigenvalue weighted by atomic mass is 19.1. The van der Waals surface area contributed by atoms with Crippen molar-refractivity contribution in [2.75, 3.05) is 7.11 Å². The number of aryl methyl sites for hydroxylation is 1. The average molecular weight is 407 g/mol. The van der Waals surface area contributed by atoms with Gasteiger partial charge in [-0.05, 0) is 62.1 Å². The molecule has 0 saturated carbocycles. The number of benzene rings is 1. The molecule has 1 aromatic carbocycles. The summed E-state index contributed by atoms with van der Waals surface area (Å²) in [4.78, 5) is 0. The van der Waals surface area contributed by atoms with Crippen LogP contribution in [0.5, 0.6) is 0 Å². The first-order valence-electron chi connectivity index (χ1n) is 12.4. The SMILES string of the molecule is CCCCCCCCC(CCCCCCc1ccc(F)cc1)C(CC)(CC)OC. The molecule has 0 bridgehead atoms. The summed E-state index contributed by atoms with van der Waals surface area (Å²) in [5, 5.41) is 0. The molecular formula is C27H47FO. The number of hydrogen-bond acceptors (Lipinski definition) is 1. The van der Waals surface area contributed by atoms with Crippen LogP contribution in [0.15, 0.2) is 24.3 Å². The molecule has 0 fully saturated rings. The summed E-state index contributed by atoms with van der Waals surface area (Å²) in [5.74, 6) is 0.546. The zero-order chi connectivity index (χ0) is 21.4. The summed E-state index contributed by atoms with van der Waals surface area (Å²) >= 11 is 0. The summed E-state index contributed by atoms with van der Waals surface area (Å²) in [5.41, 5.74) is 1.32. The first-order valence-corrected chi connectivity index (χ1v) is 12.4. The van der Waals surface area contributed by atoms with Gasteiger partial charge in [0.1, 0.15) is 5.82 Å². The number of ether oxygens (including phenoxy) is 1. The Kier molecular flexibility index (Phi) is 14.3. The van der Waals surface area contributed by atoms with Gasteiger partial charge in [0.15, 0.2) is 0 Å². The van der Waals surface area contributed by atoms with E-state index >= 15 is 0 Å². The van der Waals surface area contributed by atoms with Crippen molar-refractivity contribution >= 4 is 0 Å². The number of hydrogen-bond donors (Lipinski definition) is 0. The summed E-state index contributed by atoms with van der Waals surface area (Å²) in [6.45, 7) is 6.87. The molecule has 0 aliphatic rings. The highest BCUT2D eigenvalue weighted by molar-refractivity contribution is 5.15. The van der Waals surface area contributed by atoms with Crippen LogP contribution in [0.25, 0.3) is 0 Å². The largest absolute Gasteiger partial charge is 0.378 e. The monoisotopic (exact) mass is 406 g/mol. The number of rotatable bonds is 18. The van der Waals surface area contributed by atoms with Crippen molar-refractivity contribution in [1.29, 1.82) is 0 Å². The Labute approximate surface area is 180 Å². The van der Waals surface area contributed by atoms with E-state index < -0.39 is 0 Å². The molecule has 1 unspecified atom stereocenters. The Morgan fingerprint density at radius 3 is 1.79 bits per heavy atom. The first kappa shape index (κ1) is 26.1. The third kappa shape index (κ3) is 10.1. The maximum absolute atomic E-state index is 13.0. The van der Waals surface area contributed by atoms with Crippen molar-refractivity contribution in [3.8, 4) is 0 Å². The molecule has 168 valence electrons. The maximum atomic E-state index is 13.0. The van der Waals surface area contributed by atoms with Gasteiger partial charge in [0.2, 0.25) is 0 Å². The van der Waals surface area contributed by atoms with Gasteiger partial charge in [0, 0.05) is 7.11 Å². The van der Waals surface area contributed by atoms with Gasteiger partial charge < -0.3 is 4.74 Å². The van der Waals surface area contributed by atoms with Gasteiger partial charge in [-0.2, -0.15) is 0 Å². The lowest BCUT2D eigenvalue weighted by atomic mass is 9.76. The number of unbranched alkanes of at least 4 members (excludes halogenated alkanes) is 8. The molecular weight excluding hydrogens is 359 g/mol. The third-order valence-corrected chi connectivity index (χ3v) is 6.93. The minimum atomic E-state index is -0.140. The van der Waals surface area contributed by atoms with Gasteiger partial charge in [-0.15, -0.1) is 0 Å². The normalized spacial score (nSPS) is 13.0. The second-order valence-corrected chi connectivity index (χ2v) is 8.81. The summed E-state index contributed by atoms with van der Waals surface area (Å²) in [6, 6.07) is 6.98. The van der Waals surface area contributed by atoms with E-state index in [9.17, 15) is 4.39 Å². The standard InChI is InChI=1S/C27H47FO/c1-5-8-9-10-11-15-18-25(27(6-2,7-3)29-4)19-16-13-12-14-17-24-20-22-26(28)23-21-24/h20-23,25H,5-19H2,1-4H3. The Hall–Kier alpha value is -0.890. The van der Waals surface area contributed by atoms with Crippen LogP contribution in [0.2, 0.25) is 0 Å². The van der Waals surface area contributed by atoms with Gasteiger partial charge in [-0.3, -0.25) is 0 Å². The van der Waals surface area contributed by atoms with E-state index in [0.717, 1.165) is 19.3 Å².